The number of aliphatic hydroxyl groups is 1. The van der Waals surface area contributed by atoms with Gasteiger partial charge < -0.3 is 14.6 Å². The normalized spacial score (nSPS) is 12.6. The average Bonchev–Trinajstić information content (AvgIpc) is 3.32. The topological polar surface area (TPSA) is 72.8 Å². The Morgan fingerprint density at radius 1 is 0.348 bits per heavy atom. The Morgan fingerprint density at radius 2 is 0.606 bits per heavy atom. The van der Waals surface area contributed by atoms with Crippen LogP contribution in [0.25, 0.3) is 0 Å². The maximum absolute atomic E-state index is 12.3. The first-order valence-electron chi connectivity index (χ1n) is 28.8. The van der Waals surface area contributed by atoms with E-state index in [0.29, 0.717) is 12.8 Å². The lowest BCUT2D eigenvalue weighted by molar-refractivity contribution is -0.161. The van der Waals surface area contributed by atoms with E-state index in [1.807, 2.05) is 0 Å². The molecule has 0 bridgehead atoms. The number of carbonyl (C=O) groups is 2. The van der Waals surface area contributed by atoms with Gasteiger partial charge in [-0.1, -0.05) is 261 Å². The van der Waals surface area contributed by atoms with E-state index in [4.69, 9.17) is 9.47 Å². The molecule has 0 fully saturated rings. The lowest BCUT2D eigenvalue weighted by Crippen LogP contribution is -2.28. The third-order valence-corrected chi connectivity index (χ3v) is 12.8. The predicted octanol–water partition coefficient (Wildman–Crippen LogP) is 19.4. The Balaban J connectivity index is 3.45. The summed E-state index contributed by atoms with van der Waals surface area (Å²) in [5, 5.41) is 9.65. The van der Waals surface area contributed by atoms with Crippen LogP contribution in [0.15, 0.2) is 60.8 Å². The third-order valence-electron chi connectivity index (χ3n) is 12.8. The molecule has 0 rings (SSSR count). The fourth-order valence-electron chi connectivity index (χ4n) is 8.42. The van der Waals surface area contributed by atoms with E-state index in [1.165, 1.54) is 212 Å². The summed E-state index contributed by atoms with van der Waals surface area (Å²) in [6.45, 7) is 4.13. The molecule has 0 amide bonds. The van der Waals surface area contributed by atoms with Gasteiger partial charge in [0.15, 0.2) is 6.10 Å². The van der Waals surface area contributed by atoms with Crippen LogP contribution in [-0.4, -0.2) is 36.4 Å². The highest BCUT2D eigenvalue weighted by Crippen LogP contribution is 2.16. The van der Waals surface area contributed by atoms with Crippen LogP contribution in [0.2, 0.25) is 0 Å². The Kier molecular flexibility index (Phi) is 54.9. The summed E-state index contributed by atoms with van der Waals surface area (Å²) >= 11 is 0. The van der Waals surface area contributed by atoms with Gasteiger partial charge in [-0.15, -0.1) is 0 Å². The van der Waals surface area contributed by atoms with Gasteiger partial charge in [-0.2, -0.15) is 0 Å². The van der Waals surface area contributed by atoms with E-state index in [1.54, 1.807) is 0 Å². The number of unbranched alkanes of at least 4 members (excludes halogenated alkanes) is 35. The summed E-state index contributed by atoms with van der Waals surface area (Å²) in [4.78, 5) is 24.5. The molecule has 66 heavy (non-hydrogen) atoms. The summed E-state index contributed by atoms with van der Waals surface area (Å²) in [7, 11) is 0. The summed E-state index contributed by atoms with van der Waals surface area (Å²) in [5.74, 6) is -0.585. The highest BCUT2D eigenvalue weighted by Gasteiger charge is 2.16. The van der Waals surface area contributed by atoms with Gasteiger partial charge in [-0.05, 0) is 83.5 Å². The van der Waals surface area contributed by atoms with Gasteiger partial charge in [-0.3, -0.25) is 9.59 Å². The number of allylic oxidation sites excluding steroid dienone is 10. The van der Waals surface area contributed by atoms with E-state index in [-0.39, 0.29) is 25.2 Å². The van der Waals surface area contributed by atoms with E-state index >= 15 is 0 Å². The van der Waals surface area contributed by atoms with Crippen LogP contribution >= 0.6 is 0 Å². The molecule has 0 spiro atoms. The molecular formula is C61H110O5. The van der Waals surface area contributed by atoms with Crippen LogP contribution in [-0.2, 0) is 19.1 Å². The Hall–Kier alpha value is -2.40. The zero-order valence-corrected chi connectivity index (χ0v) is 44.0. The molecule has 0 aromatic heterocycles. The number of hydrogen-bond acceptors (Lipinski definition) is 5. The minimum absolute atomic E-state index is 0.0666. The maximum Gasteiger partial charge on any atom is 0.306 e. The number of esters is 2. The van der Waals surface area contributed by atoms with Crippen LogP contribution in [0.4, 0.5) is 0 Å². The van der Waals surface area contributed by atoms with Crippen molar-refractivity contribution in [3.63, 3.8) is 0 Å². The van der Waals surface area contributed by atoms with Gasteiger partial charge >= 0.3 is 11.9 Å². The minimum atomic E-state index is -0.774. The van der Waals surface area contributed by atoms with Crippen molar-refractivity contribution in [3.8, 4) is 0 Å². The summed E-state index contributed by atoms with van der Waals surface area (Å²) < 4.78 is 10.7. The molecular weight excluding hydrogens is 813 g/mol. The number of hydrogen-bond donors (Lipinski definition) is 1. The molecule has 384 valence electrons. The summed E-state index contributed by atoms with van der Waals surface area (Å²) in [6, 6.07) is 0. The quantitative estimate of drug-likeness (QED) is 0.0374. The van der Waals surface area contributed by atoms with Gasteiger partial charge in [0.25, 0.3) is 0 Å². The van der Waals surface area contributed by atoms with Crippen molar-refractivity contribution in [1.82, 2.24) is 0 Å². The largest absolute Gasteiger partial charge is 0.462 e. The first-order valence-corrected chi connectivity index (χ1v) is 28.8. The van der Waals surface area contributed by atoms with Crippen molar-refractivity contribution >= 4 is 11.9 Å². The molecule has 0 aliphatic carbocycles. The Bertz CT molecular complexity index is 1130. The standard InChI is InChI=1S/C61H110O5/c1-3-5-7-9-11-13-15-17-19-21-23-24-25-26-27-28-29-30-31-32-33-34-35-36-38-40-42-44-46-48-50-52-54-56-61(64)66-59(57-62)58-65-60(63)55-53-51-49-47-45-43-41-39-37-22-20-18-16-14-12-10-8-6-4-2/h12,14-15,17-18,20-21,23,25-26,59,62H,3-11,13,16,19,22,24,27-58H2,1-2H3/b14-12-,17-15-,20-18-,23-21-,26-25-. The molecule has 0 radical (unpaired) electrons. The van der Waals surface area contributed by atoms with Crippen LogP contribution in [0.5, 0.6) is 0 Å². The Morgan fingerprint density at radius 3 is 0.939 bits per heavy atom. The highest BCUT2D eigenvalue weighted by atomic mass is 16.6. The van der Waals surface area contributed by atoms with Gasteiger partial charge in [-0.25, -0.2) is 0 Å². The van der Waals surface area contributed by atoms with Crippen LogP contribution in [0.3, 0.4) is 0 Å². The van der Waals surface area contributed by atoms with Crippen molar-refractivity contribution in [2.24, 2.45) is 0 Å². The monoisotopic (exact) mass is 923 g/mol. The second kappa shape index (κ2) is 56.9. The second-order valence-electron chi connectivity index (χ2n) is 19.4. The predicted molar refractivity (Wildman–Crippen MR) is 288 cm³/mol. The van der Waals surface area contributed by atoms with Crippen molar-refractivity contribution in [3.05, 3.63) is 60.8 Å². The molecule has 0 saturated carbocycles. The lowest BCUT2D eigenvalue weighted by atomic mass is 10.0. The first-order chi connectivity index (χ1) is 32.6. The number of ether oxygens (including phenoxy) is 2. The van der Waals surface area contributed by atoms with Crippen molar-refractivity contribution in [2.45, 2.75) is 302 Å². The molecule has 5 nitrogen and oxygen atoms in total. The van der Waals surface area contributed by atoms with Crippen molar-refractivity contribution in [2.75, 3.05) is 13.2 Å². The van der Waals surface area contributed by atoms with E-state index in [0.717, 1.165) is 57.8 Å². The van der Waals surface area contributed by atoms with Gasteiger partial charge in [0.2, 0.25) is 0 Å². The van der Waals surface area contributed by atoms with E-state index in [9.17, 15) is 14.7 Å². The second-order valence-corrected chi connectivity index (χ2v) is 19.4. The lowest BCUT2D eigenvalue weighted by Gasteiger charge is -2.15. The summed E-state index contributed by atoms with van der Waals surface area (Å²) in [5.41, 5.74) is 0. The van der Waals surface area contributed by atoms with E-state index in [2.05, 4.69) is 74.6 Å². The molecule has 0 heterocycles. The fourth-order valence-corrected chi connectivity index (χ4v) is 8.42. The molecule has 0 aromatic carbocycles. The molecule has 1 atom stereocenters. The maximum atomic E-state index is 12.3. The smallest absolute Gasteiger partial charge is 0.306 e. The van der Waals surface area contributed by atoms with Gasteiger partial charge in [0.05, 0.1) is 6.61 Å². The zero-order valence-electron chi connectivity index (χ0n) is 44.0. The molecule has 1 N–H and O–H groups in total. The van der Waals surface area contributed by atoms with Crippen LogP contribution < -0.4 is 0 Å². The van der Waals surface area contributed by atoms with E-state index < -0.39 is 6.10 Å². The molecule has 0 aromatic rings. The first kappa shape index (κ1) is 63.6. The average molecular weight is 924 g/mol. The number of carbonyl (C=O) groups excluding carboxylic acids is 2. The fraction of sp³-hybridized carbons (Fsp3) is 0.803. The van der Waals surface area contributed by atoms with Crippen LogP contribution in [0.1, 0.15) is 296 Å². The van der Waals surface area contributed by atoms with Crippen molar-refractivity contribution < 1.29 is 24.2 Å². The molecule has 0 aliphatic heterocycles. The highest BCUT2D eigenvalue weighted by molar-refractivity contribution is 5.70. The summed E-state index contributed by atoms with van der Waals surface area (Å²) in [6.07, 6.45) is 76.3. The van der Waals surface area contributed by atoms with Crippen molar-refractivity contribution in [1.29, 1.82) is 0 Å². The molecule has 0 aliphatic rings. The third kappa shape index (κ3) is 54.2. The minimum Gasteiger partial charge on any atom is -0.462 e. The molecule has 5 heteroatoms. The van der Waals surface area contributed by atoms with Gasteiger partial charge in [0.1, 0.15) is 6.61 Å². The number of aliphatic hydroxyl groups excluding tert-OH is 1. The zero-order chi connectivity index (χ0) is 47.7. The van der Waals surface area contributed by atoms with Crippen LogP contribution in [0, 0.1) is 0 Å². The number of rotatable bonds is 53. The molecule has 0 saturated heterocycles. The van der Waals surface area contributed by atoms with Gasteiger partial charge in [0, 0.05) is 12.8 Å². The molecule has 1 unspecified atom stereocenters. The SMILES string of the molecule is CCCCC/C=C\C/C=C\CCCCCCCCCCCC(=O)OCC(CO)OC(=O)CCCCCCCCCCCCCCCCCCCC/C=C\C/C=C\C/C=C\CCCCCCC. The Labute approximate surface area is 411 Å².